The highest BCUT2D eigenvalue weighted by Crippen LogP contribution is 2.33. The third-order valence-electron chi connectivity index (χ3n) is 3.18. The zero-order chi connectivity index (χ0) is 13.3. The van der Waals surface area contributed by atoms with Crippen LogP contribution >= 0.6 is 0 Å². The van der Waals surface area contributed by atoms with Crippen LogP contribution in [0.4, 0.5) is 5.69 Å². The van der Waals surface area contributed by atoms with Crippen molar-refractivity contribution >= 4 is 20.6 Å². The number of aliphatic imine (C=N–C) groups is 1. The number of para-hydroxylation sites is 1. The second-order valence-electron chi connectivity index (χ2n) is 4.46. The minimum absolute atomic E-state index is 0.276. The summed E-state index contributed by atoms with van der Waals surface area (Å²) in [5.41, 5.74) is 1.68. The number of fused-ring (bicyclic) bond motifs is 1. The monoisotopic (exact) mass is 271 g/mol. The van der Waals surface area contributed by atoms with E-state index in [9.17, 15) is 8.42 Å². The maximum absolute atomic E-state index is 12.3. The lowest BCUT2D eigenvalue weighted by atomic mass is 10.1. The van der Waals surface area contributed by atoms with Crippen LogP contribution in [-0.4, -0.2) is 13.5 Å². The Hall–Kier alpha value is -1.94. The lowest BCUT2D eigenvalue weighted by Crippen LogP contribution is -2.11. The highest BCUT2D eigenvalue weighted by molar-refractivity contribution is 8.06. The van der Waals surface area contributed by atoms with Crippen molar-refractivity contribution in [1.29, 1.82) is 0 Å². The molecule has 0 saturated heterocycles. The van der Waals surface area contributed by atoms with Crippen molar-refractivity contribution < 1.29 is 8.42 Å². The molecule has 0 saturated carbocycles. The van der Waals surface area contributed by atoms with Crippen molar-refractivity contribution in [3.05, 3.63) is 60.2 Å². The van der Waals surface area contributed by atoms with Crippen LogP contribution in [0.3, 0.4) is 0 Å². The molecule has 0 fully saturated rings. The van der Waals surface area contributed by atoms with Gasteiger partial charge in [-0.15, -0.1) is 0 Å². The number of rotatable bonds is 3. The molecular weight excluding hydrogens is 258 g/mol. The summed E-state index contributed by atoms with van der Waals surface area (Å²) >= 11 is 0. The molecule has 0 N–H and O–H groups in total. The topological polar surface area (TPSA) is 46.5 Å². The normalized spacial score (nSPS) is 15.9. The molecule has 0 bridgehead atoms. The Labute approximate surface area is 112 Å². The Kier molecular flexibility index (Phi) is 2.95. The van der Waals surface area contributed by atoms with Gasteiger partial charge in [0.05, 0.1) is 10.6 Å². The van der Waals surface area contributed by atoms with Crippen molar-refractivity contribution in [3.8, 4) is 0 Å². The molecule has 2 aromatic rings. The van der Waals surface area contributed by atoms with E-state index in [-0.39, 0.29) is 5.04 Å². The average Bonchev–Trinajstić information content (AvgIpc) is 2.70. The third kappa shape index (κ3) is 2.19. The molecule has 1 aliphatic heterocycles. The van der Waals surface area contributed by atoms with E-state index in [1.54, 1.807) is 24.3 Å². The zero-order valence-electron chi connectivity index (χ0n) is 10.3. The van der Waals surface area contributed by atoms with E-state index in [0.717, 1.165) is 5.56 Å². The molecule has 3 nitrogen and oxygen atoms in total. The predicted molar refractivity (Wildman–Crippen MR) is 75.5 cm³/mol. The molecule has 4 heteroatoms. The number of nitrogens with zero attached hydrogens (tertiary/aromatic N) is 1. The fourth-order valence-electron chi connectivity index (χ4n) is 2.18. The molecule has 0 spiro atoms. The minimum Gasteiger partial charge on any atom is -0.240 e. The van der Waals surface area contributed by atoms with E-state index in [0.29, 0.717) is 23.4 Å². The quantitative estimate of drug-likeness (QED) is 0.861. The molecule has 0 unspecified atom stereocenters. The molecule has 0 aromatic heterocycles. The second-order valence-corrected chi connectivity index (χ2v) is 6.38. The first-order chi connectivity index (χ1) is 9.18. The van der Waals surface area contributed by atoms with Crippen molar-refractivity contribution in [1.82, 2.24) is 0 Å². The Morgan fingerprint density at radius 2 is 1.53 bits per heavy atom. The van der Waals surface area contributed by atoms with E-state index < -0.39 is 9.84 Å². The Morgan fingerprint density at radius 1 is 0.842 bits per heavy atom. The summed E-state index contributed by atoms with van der Waals surface area (Å²) in [5.74, 6) is 0. The van der Waals surface area contributed by atoms with Crippen LogP contribution in [0.15, 0.2) is 64.5 Å². The number of benzene rings is 2. The van der Waals surface area contributed by atoms with Gasteiger partial charge in [-0.3, -0.25) is 0 Å². The van der Waals surface area contributed by atoms with Gasteiger partial charge in [-0.2, -0.15) is 0 Å². The van der Waals surface area contributed by atoms with Crippen LogP contribution in [0.1, 0.15) is 12.0 Å². The van der Waals surface area contributed by atoms with Gasteiger partial charge in [-0.25, -0.2) is 13.4 Å². The van der Waals surface area contributed by atoms with Crippen LogP contribution in [0.25, 0.3) is 0 Å². The van der Waals surface area contributed by atoms with Gasteiger partial charge < -0.3 is 0 Å². The predicted octanol–water partition coefficient (Wildman–Crippen LogP) is 3.14. The molecule has 3 rings (SSSR count). The van der Waals surface area contributed by atoms with E-state index in [2.05, 4.69) is 4.99 Å². The summed E-state index contributed by atoms with van der Waals surface area (Å²) in [5, 5.41) is 0.276. The van der Waals surface area contributed by atoms with Gasteiger partial charge in [-0.1, -0.05) is 42.5 Å². The highest BCUT2D eigenvalue weighted by Gasteiger charge is 2.30. The minimum atomic E-state index is -3.37. The summed E-state index contributed by atoms with van der Waals surface area (Å²) in [6, 6.07) is 16.7. The van der Waals surface area contributed by atoms with Crippen molar-refractivity contribution in [2.24, 2.45) is 4.99 Å². The Morgan fingerprint density at radius 3 is 2.26 bits per heavy atom. The molecular formula is C15H13NO2S. The lowest BCUT2D eigenvalue weighted by Gasteiger charge is -2.02. The largest absolute Gasteiger partial charge is 0.240 e. The number of hydrogen-bond acceptors (Lipinski definition) is 3. The van der Waals surface area contributed by atoms with E-state index in [4.69, 9.17) is 0 Å². The molecule has 1 aliphatic rings. The van der Waals surface area contributed by atoms with Gasteiger partial charge >= 0.3 is 0 Å². The van der Waals surface area contributed by atoms with Crippen LogP contribution in [-0.2, 0) is 16.3 Å². The lowest BCUT2D eigenvalue weighted by molar-refractivity contribution is 0.608. The molecule has 0 aliphatic carbocycles. The van der Waals surface area contributed by atoms with Gasteiger partial charge in [0.2, 0.25) is 9.84 Å². The molecule has 2 aromatic carbocycles. The Balaban J connectivity index is 1.85. The Bertz CT molecular complexity index is 734. The summed E-state index contributed by atoms with van der Waals surface area (Å²) in [7, 11) is -3.37. The SMILES string of the molecule is O=S1(=O)C(CCc2ccccc2)=Nc2ccccc21. The standard InChI is InChI=1S/C15H13NO2S/c17-19(18)14-9-5-4-8-13(14)16-15(19)11-10-12-6-2-1-3-7-12/h1-9H,10-11H2. The molecule has 0 radical (unpaired) electrons. The highest BCUT2D eigenvalue weighted by atomic mass is 32.2. The van der Waals surface area contributed by atoms with Crippen molar-refractivity contribution in [2.45, 2.75) is 17.7 Å². The van der Waals surface area contributed by atoms with Crippen LogP contribution in [0, 0.1) is 0 Å². The maximum Gasteiger partial charge on any atom is 0.222 e. The van der Waals surface area contributed by atoms with Crippen molar-refractivity contribution in [3.63, 3.8) is 0 Å². The molecule has 0 atom stereocenters. The number of aryl methyl sites for hydroxylation is 1. The van der Waals surface area contributed by atoms with Gasteiger partial charge in [-0.05, 0) is 24.1 Å². The molecule has 1 heterocycles. The smallest absolute Gasteiger partial charge is 0.222 e. The van der Waals surface area contributed by atoms with E-state index >= 15 is 0 Å². The second kappa shape index (κ2) is 4.63. The zero-order valence-corrected chi connectivity index (χ0v) is 11.1. The number of hydrogen-bond donors (Lipinski definition) is 0. The molecule has 96 valence electrons. The summed E-state index contributed by atoms with van der Waals surface area (Å²) in [4.78, 5) is 4.58. The van der Waals surface area contributed by atoms with E-state index in [1.165, 1.54) is 0 Å². The van der Waals surface area contributed by atoms with Crippen molar-refractivity contribution in [2.75, 3.05) is 0 Å². The molecule has 19 heavy (non-hydrogen) atoms. The van der Waals surface area contributed by atoms with Gasteiger partial charge in [0.1, 0.15) is 5.04 Å². The molecule has 0 amide bonds. The third-order valence-corrected chi connectivity index (χ3v) is 5.02. The van der Waals surface area contributed by atoms with Crippen LogP contribution < -0.4 is 0 Å². The summed E-state index contributed by atoms with van der Waals surface area (Å²) < 4.78 is 24.5. The fourth-order valence-corrected chi connectivity index (χ4v) is 3.67. The summed E-state index contributed by atoms with van der Waals surface area (Å²) in [6.07, 6.45) is 1.13. The number of sulfone groups is 1. The van der Waals surface area contributed by atoms with Crippen LogP contribution in [0.5, 0.6) is 0 Å². The fraction of sp³-hybridized carbons (Fsp3) is 0.133. The first-order valence-corrected chi connectivity index (χ1v) is 7.62. The first-order valence-electron chi connectivity index (χ1n) is 6.13. The van der Waals surface area contributed by atoms with Gasteiger partial charge in [0, 0.05) is 6.42 Å². The summed E-state index contributed by atoms with van der Waals surface area (Å²) in [6.45, 7) is 0. The average molecular weight is 271 g/mol. The van der Waals surface area contributed by atoms with E-state index in [1.807, 2.05) is 30.3 Å². The first kappa shape index (κ1) is 12.1. The maximum atomic E-state index is 12.3. The van der Waals surface area contributed by atoms with Gasteiger partial charge in [0.25, 0.3) is 0 Å². The van der Waals surface area contributed by atoms with Crippen LogP contribution in [0.2, 0.25) is 0 Å². The van der Waals surface area contributed by atoms with Gasteiger partial charge in [0.15, 0.2) is 0 Å².